The Morgan fingerprint density at radius 2 is 1.53 bits per heavy atom. The van der Waals surface area contributed by atoms with E-state index in [0.717, 1.165) is 5.56 Å². The molecule has 0 saturated heterocycles. The van der Waals surface area contributed by atoms with Gasteiger partial charge in [0.25, 0.3) is 0 Å². The van der Waals surface area contributed by atoms with Crippen molar-refractivity contribution < 1.29 is 8.42 Å². The number of hydrogen-bond acceptors (Lipinski definition) is 2. The molecule has 2 unspecified atom stereocenters. The molecule has 0 N–H and O–H groups in total. The van der Waals surface area contributed by atoms with E-state index in [1.165, 1.54) is 25.7 Å². The molecular weight excluding hydrogens is 296 g/mol. The lowest BCUT2D eigenvalue weighted by Crippen LogP contribution is -2.19. The number of sulfonamides is 1. The van der Waals surface area contributed by atoms with Gasteiger partial charge < -0.3 is 0 Å². The highest BCUT2D eigenvalue weighted by Gasteiger charge is 2.35. The lowest BCUT2D eigenvalue weighted by Gasteiger charge is -2.21. The van der Waals surface area contributed by atoms with E-state index in [1.54, 1.807) is 0 Å². The van der Waals surface area contributed by atoms with Gasteiger partial charge in [-0.25, -0.2) is 8.42 Å². The number of rotatable bonds is 7. The van der Waals surface area contributed by atoms with Crippen molar-refractivity contribution >= 4 is 27.5 Å². The van der Waals surface area contributed by atoms with Gasteiger partial charge in [0.05, 0.1) is 5.75 Å². The van der Waals surface area contributed by atoms with Crippen LogP contribution in [0.4, 0.5) is 0 Å². The molecule has 2 aliphatic carbocycles. The molecular formula is C13H19NO2P2S. The molecule has 1 aromatic carbocycles. The lowest BCUT2D eigenvalue weighted by atomic mass is 10.2. The summed E-state index contributed by atoms with van der Waals surface area (Å²) < 4.78 is 26.9. The maximum atomic E-state index is 12.6. The molecule has 0 aromatic heterocycles. The highest BCUT2D eigenvalue weighted by molar-refractivity contribution is 7.97. The number of benzene rings is 1. The predicted octanol–water partition coefficient (Wildman–Crippen LogP) is 3.33. The molecule has 0 amide bonds. The van der Waals surface area contributed by atoms with Crippen molar-refractivity contribution in [3.8, 4) is 0 Å². The first kappa shape index (κ1) is 13.9. The topological polar surface area (TPSA) is 37.4 Å². The maximum Gasteiger partial charge on any atom is 0.224 e. The fraction of sp³-hybridized carbons (Fsp3) is 0.538. The smallest absolute Gasteiger partial charge is 0.211 e. The normalized spacial score (nSPS) is 21.1. The number of nitrogens with zero attached hydrogens (tertiary/aromatic N) is 1. The zero-order valence-corrected chi connectivity index (χ0v) is 13.6. The number of hydrogen-bond donors (Lipinski definition) is 0. The highest BCUT2D eigenvalue weighted by atomic mass is 32.2. The summed E-state index contributed by atoms with van der Waals surface area (Å²) in [5, 5.41) is 0. The van der Waals surface area contributed by atoms with Gasteiger partial charge in [-0.2, -0.15) is 3.85 Å². The quantitative estimate of drug-likeness (QED) is 0.724. The molecule has 1 aromatic rings. The third-order valence-corrected chi connectivity index (χ3v) is 9.91. The van der Waals surface area contributed by atoms with E-state index in [4.69, 9.17) is 0 Å². The molecule has 0 aliphatic heterocycles. The second-order valence-corrected chi connectivity index (χ2v) is 11.3. The van der Waals surface area contributed by atoms with Crippen molar-refractivity contribution in [2.45, 2.75) is 42.8 Å². The first-order valence-electron chi connectivity index (χ1n) is 6.73. The first-order valence-corrected chi connectivity index (χ1v) is 10.4. The van der Waals surface area contributed by atoms with Crippen molar-refractivity contribution in [3.63, 3.8) is 0 Å². The molecule has 2 atom stereocenters. The van der Waals surface area contributed by atoms with Gasteiger partial charge in [-0.3, -0.25) is 0 Å². The van der Waals surface area contributed by atoms with Crippen LogP contribution in [0.5, 0.6) is 0 Å². The summed E-state index contributed by atoms with van der Waals surface area (Å²) in [4.78, 5) is 0. The summed E-state index contributed by atoms with van der Waals surface area (Å²) in [6, 6.07) is 9.53. The van der Waals surface area contributed by atoms with Crippen LogP contribution in [0.15, 0.2) is 30.3 Å². The molecule has 0 heterocycles. The average Bonchev–Trinajstić information content (AvgIpc) is 3.24. The second-order valence-electron chi connectivity index (χ2n) is 5.31. The summed E-state index contributed by atoms with van der Waals surface area (Å²) in [7, 11) is -2.16. The standard InChI is InChI=1S/C13H19NO2P2S/c15-19(16,10-11-4-2-1-3-5-11)14(17-12-6-7-12)18-13-8-9-13/h1-5,12-13,17-18H,6-10H2. The minimum atomic E-state index is -3.13. The fourth-order valence-corrected chi connectivity index (χ4v) is 8.02. The summed E-state index contributed by atoms with van der Waals surface area (Å²) in [6.45, 7) is 0. The molecule has 2 aliphatic rings. The Morgan fingerprint density at radius 1 is 1.00 bits per heavy atom. The summed E-state index contributed by atoms with van der Waals surface area (Å²) in [6.07, 6.45) is 4.85. The first-order chi connectivity index (χ1) is 9.13. The van der Waals surface area contributed by atoms with Gasteiger partial charge in [0.15, 0.2) is 0 Å². The zero-order chi connectivity index (χ0) is 13.3. The van der Waals surface area contributed by atoms with E-state index >= 15 is 0 Å². The molecule has 0 radical (unpaired) electrons. The minimum absolute atomic E-state index is 0.160. The van der Waals surface area contributed by atoms with Gasteiger partial charge in [-0.1, -0.05) is 30.3 Å². The summed E-state index contributed by atoms with van der Waals surface area (Å²) >= 11 is 0. The maximum absolute atomic E-state index is 12.6. The van der Waals surface area contributed by atoms with E-state index in [9.17, 15) is 8.42 Å². The van der Waals surface area contributed by atoms with E-state index in [-0.39, 0.29) is 5.75 Å². The Balaban J connectivity index is 1.70. The highest BCUT2D eigenvalue weighted by Crippen LogP contribution is 2.54. The SMILES string of the molecule is O=S(=O)(Cc1ccccc1)N(PC1CC1)PC1CC1. The summed E-state index contributed by atoms with van der Waals surface area (Å²) in [5.41, 5.74) is 2.20. The van der Waals surface area contributed by atoms with Gasteiger partial charge in [-0.05, 0) is 60.0 Å². The van der Waals surface area contributed by atoms with Crippen LogP contribution in [-0.4, -0.2) is 23.6 Å². The Morgan fingerprint density at radius 3 is 2.00 bits per heavy atom. The average molecular weight is 315 g/mol. The third-order valence-electron chi connectivity index (χ3n) is 3.22. The Bertz CT molecular complexity index is 513. The van der Waals surface area contributed by atoms with Crippen molar-refractivity contribution in [2.24, 2.45) is 0 Å². The molecule has 104 valence electrons. The van der Waals surface area contributed by atoms with Gasteiger partial charge >= 0.3 is 0 Å². The Labute approximate surface area is 118 Å². The van der Waals surface area contributed by atoms with E-state index in [0.29, 0.717) is 28.8 Å². The molecule has 2 saturated carbocycles. The van der Waals surface area contributed by atoms with Gasteiger partial charge in [-0.15, -0.1) is 0 Å². The molecule has 0 bridgehead atoms. The Kier molecular flexibility index (Phi) is 4.24. The minimum Gasteiger partial charge on any atom is -0.211 e. The third kappa shape index (κ3) is 4.23. The van der Waals surface area contributed by atoms with Crippen LogP contribution in [0, 0.1) is 0 Å². The van der Waals surface area contributed by atoms with Gasteiger partial charge in [0, 0.05) is 0 Å². The molecule has 3 rings (SSSR count). The monoisotopic (exact) mass is 315 g/mol. The summed E-state index contributed by atoms with van der Waals surface area (Å²) in [5.74, 6) is 0.160. The van der Waals surface area contributed by atoms with Crippen LogP contribution in [0.3, 0.4) is 0 Å². The van der Waals surface area contributed by atoms with Crippen LogP contribution in [0.25, 0.3) is 0 Å². The molecule has 0 spiro atoms. The second kappa shape index (κ2) is 5.77. The van der Waals surface area contributed by atoms with Gasteiger partial charge in [0.2, 0.25) is 10.0 Å². The van der Waals surface area contributed by atoms with E-state index in [2.05, 4.69) is 0 Å². The van der Waals surface area contributed by atoms with E-state index < -0.39 is 10.0 Å². The fourth-order valence-electron chi connectivity index (χ4n) is 1.80. The van der Waals surface area contributed by atoms with Crippen LogP contribution in [0.1, 0.15) is 31.2 Å². The van der Waals surface area contributed by atoms with Crippen LogP contribution < -0.4 is 0 Å². The molecule has 2 fully saturated rings. The van der Waals surface area contributed by atoms with Crippen LogP contribution >= 0.6 is 17.5 Å². The van der Waals surface area contributed by atoms with Crippen molar-refractivity contribution in [1.82, 2.24) is 3.85 Å². The zero-order valence-electron chi connectivity index (χ0n) is 10.7. The van der Waals surface area contributed by atoms with Gasteiger partial charge in [0.1, 0.15) is 0 Å². The Hall–Kier alpha value is -0.0100. The van der Waals surface area contributed by atoms with Crippen LogP contribution in [-0.2, 0) is 15.8 Å². The van der Waals surface area contributed by atoms with Crippen LogP contribution in [0.2, 0.25) is 0 Å². The lowest BCUT2D eigenvalue weighted by molar-refractivity contribution is 0.580. The van der Waals surface area contributed by atoms with Crippen molar-refractivity contribution in [1.29, 1.82) is 0 Å². The molecule has 6 heteroatoms. The van der Waals surface area contributed by atoms with E-state index in [1.807, 2.05) is 34.2 Å². The predicted molar refractivity (Wildman–Crippen MR) is 83.6 cm³/mol. The molecule has 3 nitrogen and oxygen atoms in total. The van der Waals surface area contributed by atoms with Crippen molar-refractivity contribution in [3.05, 3.63) is 35.9 Å². The van der Waals surface area contributed by atoms with Crippen molar-refractivity contribution in [2.75, 3.05) is 0 Å². The largest absolute Gasteiger partial charge is 0.224 e. The molecule has 19 heavy (non-hydrogen) atoms.